The molecule has 0 saturated carbocycles. The van der Waals surface area contributed by atoms with Gasteiger partial charge in [0.1, 0.15) is 0 Å². The molecule has 0 spiro atoms. The van der Waals surface area contributed by atoms with Crippen molar-refractivity contribution in [2.24, 2.45) is 13.0 Å². The largest absolute Gasteiger partial charge is 0.396 e. The minimum atomic E-state index is -0.178. The van der Waals surface area contributed by atoms with Crippen LogP contribution in [0.15, 0.2) is 0 Å². The van der Waals surface area contributed by atoms with Crippen LogP contribution < -0.4 is 10.6 Å². The molecule has 0 fully saturated rings. The standard InChI is InChI=1S/C15H28N4O2/c1-10(9-20)11(2)17-15(21)16-8-6-7-14-12(3)18-19(5)13(14)4/h10-11,20H,6-9H2,1-5H3,(H2,16,17,21). The first-order chi connectivity index (χ1) is 9.86. The number of rotatable bonds is 7. The van der Waals surface area contributed by atoms with Crippen LogP contribution >= 0.6 is 0 Å². The lowest BCUT2D eigenvalue weighted by molar-refractivity contribution is 0.200. The molecule has 1 aromatic rings. The van der Waals surface area contributed by atoms with E-state index in [1.807, 2.05) is 32.5 Å². The van der Waals surface area contributed by atoms with Crippen LogP contribution in [0.5, 0.6) is 0 Å². The van der Waals surface area contributed by atoms with Crippen molar-refractivity contribution in [1.29, 1.82) is 0 Å². The summed E-state index contributed by atoms with van der Waals surface area (Å²) in [5.74, 6) is 0.0523. The summed E-state index contributed by atoms with van der Waals surface area (Å²) in [6.07, 6.45) is 1.79. The summed E-state index contributed by atoms with van der Waals surface area (Å²) in [5, 5.41) is 19.1. The summed E-state index contributed by atoms with van der Waals surface area (Å²) in [4.78, 5) is 11.7. The normalized spacial score (nSPS) is 13.8. The van der Waals surface area contributed by atoms with Crippen LogP contribution in [-0.2, 0) is 13.5 Å². The third-order valence-corrected chi connectivity index (χ3v) is 4.05. The average Bonchev–Trinajstić information content (AvgIpc) is 2.68. The van der Waals surface area contributed by atoms with Crippen LogP contribution in [0.4, 0.5) is 4.79 Å². The number of carbonyl (C=O) groups excluding carboxylic acids is 1. The van der Waals surface area contributed by atoms with Gasteiger partial charge in [0.2, 0.25) is 0 Å². The Balaban J connectivity index is 2.29. The molecule has 0 aliphatic rings. The van der Waals surface area contributed by atoms with Crippen LogP contribution in [-0.4, -0.2) is 40.1 Å². The van der Waals surface area contributed by atoms with Gasteiger partial charge >= 0.3 is 6.03 Å². The Morgan fingerprint density at radius 2 is 2.05 bits per heavy atom. The molecule has 1 rings (SSSR count). The molecule has 1 aromatic heterocycles. The van der Waals surface area contributed by atoms with E-state index in [4.69, 9.17) is 5.11 Å². The Bertz CT molecular complexity index is 470. The predicted molar refractivity (Wildman–Crippen MR) is 83.2 cm³/mol. The van der Waals surface area contributed by atoms with Crippen LogP contribution in [0.25, 0.3) is 0 Å². The molecular formula is C15H28N4O2. The zero-order valence-electron chi connectivity index (χ0n) is 13.7. The number of amides is 2. The van der Waals surface area contributed by atoms with Gasteiger partial charge in [-0.1, -0.05) is 6.92 Å². The van der Waals surface area contributed by atoms with Crippen molar-refractivity contribution in [2.45, 2.75) is 46.6 Å². The highest BCUT2D eigenvalue weighted by atomic mass is 16.3. The van der Waals surface area contributed by atoms with Gasteiger partial charge in [-0.15, -0.1) is 0 Å². The van der Waals surface area contributed by atoms with Gasteiger partial charge in [0.15, 0.2) is 0 Å². The lowest BCUT2D eigenvalue weighted by Crippen LogP contribution is -2.44. The number of aromatic nitrogens is 2. The Labute approximate surface area is 126 Å². The van der Waals surface area contributed by atoms with Crippen molar-refractivity contribution in [3.63, 3.8) is 0 Å². The van der Waals surface area contributed by atoms with E-state index in [-0.39, 0.29) is 24.6 Å². The molecule has 21 heavy (non-hydrogen) atoms. The van der Waals surface area contributed by atoms with Crippen molar-refractivity contribution in [2.75, 3.05) is 13.2 Å². The predicted octanol–water partition coefficient (Wildman–Crippen LogP) is 1.29. The number of aliphatic hydroxyl groups is 1. The lowest BCUT2D eigenvalue weighted by atomic mass is 10.1. The molecule has 1 heterocycles. The van der Waals surface area contributed by atoms with E-state index in [2.05, 4.69) is 22.7 Å². The topological polar surface area (TPSA) is 79.2 Å². The van der Waals surface area contributed by atoms with Crippen LogP contribution in [0.3, 0.4) is 0 Å². The zero-order valence-corrected chi connectivity index (χ0v) is 13.7. The van der Waals surface area contributed by atoms with Crippen molar-refractivity contribution in [3.05, 3.63) is 17.0 Å². The fourth-order valence-corrected chi connectivity index (χ4v) is 2.20. The number of hydrogen-bond donors (Lipinski definition) is 3. The van der Waals surface area contributed by atoms with E-state index >= 15 is 0 Å². The minimum Gasteiger partial charge on any atom is -0.396 e. The summed E-state index contributed by atoms with van der Waals surface area (Å²) in [5.41, 5.74) is 3.51. The first kappa shape index (κ1) is 17.5. The summed E-state index contributed by atoms with van der Waals surface area (Å²) in [6, 6.07) is -0.222. The highest BCUT2D eigenvalue weighted by Crippen LogP contribution is 2.13. The van der Waals surface area contributed by atoms with Gasteiger partial charge in [0.05, 0.1) is 5.69 Å². The lowest BCUT2D eigenvalue weighted by Gasteiger charge is -2.19. The van der Waals surface area contributed by atoms with Gasteiger partial charge in [-0.05, 0) is 45.1 Å². The van der Waals surface area contributed by atoms with E-state index in [0.717, 1.165) is 18.5 Å². The zero-order chi connectivity index (χ0) is 16.0. The summed E-state index contributed by atoms with van der Waals surface area (Å²) < 4.78 is 1.89. The Morgan fingerprint density at radius 1 is 1.38 bits per heavy atom. The molecule has 120 valence electrons. The van der Waals surface area contributed by atoms with Gasteiger partial charge in [0, 0.05) is 31.9 Å². The second-order valence-electron chi connectivity index (χ2n) is 5.73. The molecule has 0 aromatic carbocycles. The molecule has 6 nitrogen and oxygen atoms in total. The van der Waals surface area contributed by atoms with Crippen LogP contribution in [0, 0.1) is 19.8 Å². The third-order valence-electron chi connectivity index (χ3n) is 4.05. The smallest absolute Gasteiger partial charge is 0.315 e. The van der Waals surface area contributed by atoms with E-state index < -0.39 is 0 Å². The van der Waals surface area contributed by atoms with Gasteiger partial charge in [-0.3, -0.25) is 4.68 Å². The number of aryl methyl sites for hydroxylation is 2. The van der Waals surface area contributed by atoms with E-state index in [1.165, 1.54) is 11.3 Å². The molecule has 0 aliphatic carbocycles. The number of urea groups is 1. The Hall–Kier alpha value is -1.56. The number of nitrogens with one attached hydrogen (secondary N) is 2. The van der Waals surface area contributed by atoms with Crippen LogP contribution in [0.1, 0.15) is 37.2 Å². The summed E-state index contributed by atoms with van der Waals surface area (Å²) in [6.45, 7) is 8.57. The highest BCUT2D eigenvalue weighted by molar-refractivity contribution is 5.74. The van der Waals surface area contributed by atoms with Crippen molar-refractivity contribution < 1.29 is 9.90 Å². The minimum absolute atomic E-state index is 0.0437. The van der Waals surface area contributed by atoms with Gasteiger partial charge in [-0.25, -0.2) is 4.79 Å². The molecule has 0 bridgehead atoms. The molecule has 0 saturated heterocycles. The summed E-state index contributed by atoms with van der Waals surface area (Å²) >= 11 is 0. The van der Waals surface area contributed by atoms with Crippen LogP contribution in [0.2, 0.25) is 0 Å². The molecule has 0 aliphatic heterocycles. The van der Waals surface area contributed by atoms with E-state index in [0.29, 0.717) is 6.54 Å². The highest BCUT2D eigenvalue weighted by Gasteiger charge is 2.13. The second-order valence-corrected chi connectivity index (χ2v) is 5.73. The molecule has 2 atom stereocenters. The molecule has 0 radical (unpaired) electrons. The van der Waals surface area contributed by atoms with E-state index in [1.54, 1.807) is 0 Å². The monoisotopic (exact) mass is 296 g/mol. The van der Waals surface area contributed by atoms with Crippen molar-refractivity contribution in [3.8, 4) is 0 Å². The maximum atomic E-state index is 11.7. The molecule has 3 N–H and O–H groups in total. The maximum Gasteiger partial charge on any atom is 0.315 e. The third kappa shape index (κ3) is 5.04. The maximum absolute atomic E-state index is 11.7. The molecule has 2 unspecified atom stereocenters. The number of aliphatic hydroxyl groups excluding tert-OH is 1. The molecule has 2 amide bonds. The van der Waals surface area contributed by atoms with Gasteiger partial charge < -0.3 is 15.7 Å². The fourth-order valence-electron chi connectivity index (χ4n) is 2.20. The SMILES string of the molecule is Cc1nn(C)c(C)c1CCCNC(=O)NC(C)C(C)CO. The number of carbonyl (C=O) groups is 1. The molecular weight excluding hydrogens is 268 g/mol. The van der Waals surface area contributed by atoms with Crippen molar-refractivity contribution in [1.82, 2.24) is 20.4 Å². The second kappa shape index (κ2) is 8.02. The average molecular weight is 296 g/mol. The summed E-state index contributed by atoms with van der Waals surface area (Å²) in [7, 11) is 1.95. The molecule has 6 heteroatoms. The first-order valence-corrected chi connectivity index (χ1v) is 7.51. The fraction of sp³-hybridized carbons (Fsp3) is 0.733. The Kier molecular flexibility index (Phi) is 6.68. The van der Waals surface area contributed by atoms with Gasteiger partial charge in [-0.2, -0.15) is 5.10 Å². The number of hydrogen-bond acceptors (Lipinski definition) is 3. The number of nitrogens with zero attached hydrogens (tertiary/aromatic N) is 2. The van der Waals surface area contributed by atoms with E-state index in [9.17, 15) is 4.79 Å². The quantitative estimate of drug-likeness (QED) is 0.663. The Morgan fingerprint density at radius 3 is 2.57 bits per heavy atom. The first-order valence-electron chi connectivity index (χ1n) is 7.51. The van der Waals surface area contributed by atoms with Gasteiger partial charge in [0.25, 0.3) is 0 Å². The van der Waals surface area contributed by atoms with Crippen molar-refractivity contribution >= 4 is 6.03 Å².